The summed E-state index contributed by atoms with van der Waals surface area (Å²) in [5, 5.41) is 0. The van der Waals surface area contributed by atoms with Crippen molar-refractivity contribution in [3.63, 3.8) is 0 Å². The van der Waals surface area contributed by atoms with Crippen LogP contribution in [0.15, 0.2) is 23.2 Å². The number of nitrogens with zero attached hydrogens (tertiary/aromatic N) is 1. The lowest BCUT2D eigenvalue weighted by molar-refractivity contribution is -0.0979. The smallest absolute Gasteiger partial charge is 0.145 e. The van der Waals surface area contributed by atoms with E-state index in [4.69, 9.17) is 9.53 Å². The van der Waals surface area contributed by atoms with Gasteiger partial charge >= 0.3 is 0 Å². The number of ether oxygens (including phenoxy) is 1. The Morgan fingerprint density at radius 3 is 2.22 bits per heavy atom. The fourth-order valence-electron chi connectivity index (χ4n) is 1.16. The highest BCUT2D eigenvalue weighted by atomic mass is 16.5. The van der Waals surface area contributed by atoms with Crippen molar-refractivity contribution in [3.8, 4) is 5.75 Å². The number of aryl methyl sites for hydroxylation is 1. The van der Waals surface area contributed by atoms with E-state index in [9.17, 15) is 0 Å². The Labute approximate surface area is 111 Å². The predicted octanol–water partition coefficient (Wildman–Crippen LogP) is 4.35. The van der Waals surface area contributed by atoms with Gasteiger partial charge in [-0.1, -0.05) is 39.3 Å². The number of aliphatic imine (C=N–C) groups is 1. The Kier molecular flexibility index (Phi) is 14.0. The third kappa shape index (κ3) is 7.60. The topological polar surface area (TPSA) is 38.7 Å². The summed E-state index contributed by atoms with van der Waals surface area (Å²) >= 11 is 0. The van der Waals surface area contributed by atoms with Gasteiger partial charge in [0.25, 0.3) is 0 Å². The number of para-hydroxylation sites is 1. The fourth-order valence-corrected chi connectivity index (χ4v) is 1.16. The number of hydrogen-bond donors (Lipinski definition) is 0. The first-order valence-electron chi connectivity index (χ1n) is 6.19. The molecule has 0 heterocycles. The Morgan fingerprint density at radius 1 is 1.22 bits per heavy atom. The predicted molar refractivity (Wildman–Crippen MR) is 79.3 cm³/mol. The molecule has 0 aliphatic carbocycles. The highest BCUT2D eigenvalue weighted by Gasteiger charge is 2.03. The number of hydrogen-bond acceptors (Lipinski definition) is 3. The first-order chi connectivity index (χ1) is 8.71. The highest BCUT2D eigenvalue weighted by molar-refractivity contribution is 5.60. The average Bonchev–Trinajstić information content (AvgIpc) is 2.39. The molecule has 0 fully saturated rings. The van der Waals surface area contributed by atoms with Crippen LogP contribution in [-0.2, 0) is 4.79 Å². The molecule has 3 heteroatoms. The van der Waals surface area contributed by atoms with Crippen LogP contribution in [0.4, 0.5) is 5.69 Å². The first-order valence-corrected chi connectivity index (χ1v) is 6.19. The van der Waals surface area contributed by atoms with Crippen LogP contribution in [0.5, 0.6) is 5.75 Å². The number of carbonyl (C=O) groups excluding carboxylic acids is 1. The maximum atomic E-state index is 8.00. The minimum Gasteiger partial charge on any atom is -0.491 e. The Hall–Kier alpha value is -1.64. The number of rotatable bonds is 4. The summed E-state index contributed by atoms with van der Waals surface area (Å²) < 4.78 is 5.52. The van der Waals surface area contributed by atoms with E-state index in [0.29, 0.717) is 0 Å². The van der Waals surface area contributed by atoms with Crippen molar-refractivity contribution in [2.45, 2.75) is 40.5 Å². The molecule has 0 aliphatic heterocycles. The summed E-state index contributed by atoms with van der Waals surface area (Å²) in [6.45, 7) is 14.6. The molecule has 0 N–H and O–H groups in total. The fraction of sp³-hybridized carbons (Fsp3) is 0.467. The van der Waals surface area contributed by atoms with Crippen LogP contribution in [0.25, 0.3) is 0 Å². The SMILES string of the molecule is C=Nc1c(C)cccc1OCCC.C=O.CCC. The highest BCUT2D eigenvalue weighted by Crippen LogP contribution is 2.30. The molecule has 0 bridgehead atoms. The molecule has 0 amide bonds. The second-order valence-corrected chi connectivity index (χ2v) is 3.64. The zero-order valence-corrected chi connectivity index (χ0v) is 12.0. The molecule has 102 valence electrons. The van der Waals surface area contributed by atoms with Crippen LogP contribution in [0.2, 0.25) is 0 Å². The van der Waals surface area contributed by atoms with Crippen LogP contribution in [-0.4, -0.2) is 20.1 Å². The lowest BCUT2D eigenvalue weighted by Crippen LogP contribution is -1.95. The molecule has 0 aliphatic rings. The van der Waals surface area contributed by atoms with Gasteiger partial charge in [0.2, 0.25) is 0 Å². The summed E-state index contributed by atoms with van der Waals surface area (Å²) in [6, 6.07) is 5.89. The normalized spacial score (nSPS) is 8.22. The van der Waals surface area contributed by atoms with Crippen molar-refractivity contribution in [1.29, 1.82) is 0 Å². The van der Waals surface area contributed by atoms with Crippen molar-refractivity contribution in [3.05, 3.63) is 23.8 Å². The second-order valence-electron chi connectivity index (χ2n) is 3.64. The molecule has 0 aromatic heterocycles. The summed E-state index contributed by atoms with van der Waals surface area (Å²) in [7, 11) is 0. The monoisotopic (exact) mass is 251 g/mol. The number of carbonyl (C=O) groups is 1. The molecule has 1 aromatic carbocycles. The van der Waals surface area contributed by atoms with Gasteiger partial charge in [0, 0.05) is 0 Å². The van der Waals surface area contributed by atoms with Gasteiger partial charge in [-0.2, -0.15) is 0 Å². The first kappa shape index (κ1) is 18.7. The summed E-state index contributed by atoms with van der Waals surface area (Å²) in [4.78, 5) is 11.9. The lowest BCUT2D eigenvalue weighted by Gasteiger charge is -2.08. The van der Waals surface area contributed by atoms with Gasteiger partial charge in [-0.3, -0.25) is 4.99 Å². The van der Waals surface area contributed by atoms with Crippen molar-refractivity contribution in [2.24, 2.45) is 4.99 Å². The van der Waals surface area contributed by atoms with Gasteiger partial charge in [-0.05, 0) is 31.7 Å². The Morgan fingerprint density at radius 2 is 1.78 bits per heavy atom. The van der Waals surface area contributed by atoms with Crippen molar-refractivity contribution in [1.82, 2.24) is 0 Å². The molecule has 1 rings (SSSR count). The van der Waals surface area contributed by atoms with Crippen molar-refractivity contribution in [2.75, 3.05) is 6.61 Å². The molecule has 0 radical (unpaired) electrons. The Bertz CT molecular complexity index is 324. The lowest BCUT2D eigenvalue weighted by atomic mass is 10.2. The standard InChI is InChI=1S/C11H15NO.C3H8.CH2O/c1-4-8-13-10-7-5-6-9(2)11(10)12-3;1-3-2;1-2/h5-7H,3-4,8H2,1-2H3;3H2,1-2H3;1H2. The van der Waals surface area contributed by atoms with Crippen molar-refractivity contribution >= 4 is 19.2 Å². The average molecular weight is 251 g/mol. The van der Waals surface area contributed by atoms with Gasteiger partial charge in [0.15, 0.2) is 0 Å². The maximum absolute atomic E-state index is 8.00. The van der Waals surface area contributed by atoms with Gasteiger partial charge in [0.05, 0.1) is 6.61 Å². The van der Waals surface area contributed by atoms with Crippen LogP contribution >= 0.6 is 0 Å². The van der Waals surface area contributed by atoms with E-state index in [1.54, 1.807) is 0 Å². The van der Waals surface area contributed by atoms with E-state index in [-0.39, 0.29) is 0 Å². The third-order valence-electron chi connectivity index (χ3n) is 1.82. The van der Waals surface area contributed by atoms with Crippen LogP contribution in [0.1, 0.15) is 39.2 Å². The van der Waals surface area contributed by atoms with Crippen LogP contribution in [0, 0.1) is 6.92 Å². The minimum absolute atomic E-state index is 0.728. The Balaban J connectivity index is 0. The largest absolute Gasteiger partial charge is 0.491 e. The maximum Gasteiger partial charge on any atom is 0.145 e. The van der Waals surface area contributed by atoms with Crippen LogP contribution in [0.3, 0.4) is 0 Å². The molecule has 0 spiro atoms. The van der Waals surface area contributed by atoms with Gasteiger partial charge in [0.1, 0.15) is 18.2 Å². The van der Waals surface area contributed by atoms with Gasteiger partial charge in [-0.25, -0.2) is 0 Å². The molecule has 0 unspecified atom stereocenters. The van der Waals surface area contributed by atoms with E-state index in [1.165, 1.54) is 6.42 Å². The van der Waals surface area contributed by atoms with Gasteiger partial charge < -0.3 is 9.53 Å². The molecule has 1 aromatic rings. The molecular weight excluding hydrogens is 226 g/mol. The van der Waals surface area contributed by atoms with Gasteiger partial charge in [-0.15, -0.1) is 0 Å². The molecule has 3 nitrogen and oxygen atoms in total. The summed E-state index contributed by atoms with van der Waals surface area (Å²) in [6.07, 6.45) is 2.25. The van der Waals surface area contributed by atoms with E-state index in [2.05, 4.69) is 32.5 Å². The van der Waals surface area contributed by atoms with Crippen molar-refractivity contribution < 1.29 is 9.53 Å². The van der Waals surface area contributed by atoms with E-state index >= 15 is 0 Å². The zero-order valence-electron chi connectivity index (χ0n) is 12.0. The molecule has 0 atom stereocenters. The molecular formula is C15H25NO2. The zero-order chi connectivity index (χ0) is 14.4. The molecule has 18 heavy (non-hydrogen) atoms. The number of benzene rings is 1. The van der Waals surface area contributed by atoms with E-state index < -0.39 is 0 Å². The van der Waals surface area contributed by atoms with Crippen LogP contribution < -0.4 is 4.74 Å². The second kappa shape index (κ2) is 13.4. The summed E-state index contributed by atoms with van der Waals surface area (Å²) in [5.74, 6) is 0.830. The quantitative estimate of drug-likeness (QED) is 0.746. The van der Waals surface area contributed by atoms with E-state index in [1.807, 2.05) is 31.9 Å². The third-order valence-corrected chi connectivity index (χ3v) is 1.82. The minimum atomic E-state index is 0.728. The molecule has 0 saturated carbocycles. The molecule has 0 saturated heterocycles. The van der Waals surface area contributed by atoms with E-state index in [0.717, 1.165) is 30.0 Å². The summed E-state index contributed by atoms with van der Waals surface area (Å²) in [5.41, 5.74) is 1.96.